The molecule has 1 aromatic carbocycles. The number of rotatable bonds is 2. The van der Waals surface area contributed by atoms with Crippen LogP contribution >= 0.6 is 0 Å². The lowest BCUT2D eigenvalue weighted by molar-refractivity contribution is 0.243. The van der Waals surface area contributed by atoms with Crippen LogP contribution in [0.15, 0.2) is 36.7 Å². The second-order valence-corrected chi connectivity index (χ2v) is 6.13. The Bertz CT molecular complexity index is 834. The summed E-state index contributed by atoms with van der Waals surface area (Å²) in [4.78, 5) is 11.4. The molecule has 0 aliphatic carbocycles. The van der Waals surface area contributed by atoms with Gasteiger partial charge in [0.15, 0.2) is 0 Å². The molecule has 0 radical (unpaired) electrons. The van der Waals surface area contributed by atoms with Gasteiger partial charge >= 0.3 is 0 Å². The maximum absolute atomic E-state index is 4.57. The van der Waals surface area contributed by atoms with Gasteiger partial charge in [0, 0.05) is 67.7 Å². The topological polar surface area (TPSA) is 34.0 Å². The first-order valence-corrected chi connectivity index (χ1v) is 7.77. The number of aromatic nitrogens is 3. The summed E-state index contributed by atoms with van der Waals surface area (Å²) in [6, 6.07) is 8.62. The maximum Gasteiger partial charge on any atom is 0.125 e. The van der Waals surface area contributed by atoms with E-state index >= 15 is 0 Å². The molecule has 4 rings (SSSR count). The number of hydrogen-bond donors (Lipinski definition) is 0. The lowest BCUT2D eigenvalue weighted by atomic mass is 10.1. The lowest BCUT2D eigenvalue weighted by Crippen LogP contribution is -2.31. The van der Waals surface area contributed by atoms with E-state index in [0.29, 0.717) is 0 Å². The fourth-order valence-corrected chi connectivity index (χ4v) is 3.40. The van der Waals surface area contributed by atoms with Crippen LogP contribution in [0.3, 0.4) is 0 Å². The summed E-state index contributed by atoms with van der Waals surface area (Å²) < 4.78 is 2.22. The van der Waals surface area contributed by atoms with E-state index in [4.69, 9.17) is 0 Å². The third-order valence-corrected chi connectivity index (χ3v) is 4.51. The summed E-state index contributed by atoms with van der Waals surface area (Å²) in [6.45, 7) is 4.95. The molecule has 0 spiro atoms. The number of benzene rings is 1. The van der Waals surface area contributed by atoms with Gasteiger partial charge in [-0.3, -0.25) is 4.90 Å². The molecule has 0 saturated heterocycles. The van der Waals surface area contributed by atoms with E-state index in [9.17, 15) is 0 Å². The van der Waals surface area contributed by atoms with Crippen molar-refractivity contribution in [2.24, 2.45) is 7.05 Å². The molecule has 4 nitrogen and oxygen atoms in total. The average Bonchev–Trinajstić information content (AvgIpc) is 2.84. The fraction of sp³-hybridized carbons (Fsp3) is 0.333. The summed E-state index contributed by atoms with van der Waals surface area (Å²) >= 11 is 0. The van der Waals surface area contributed by atoms with E-state index in [1.807, 2.05) is 13.1 Å². The van der Waals surface area contributed by atoms with Crippen molar-refractivity contribution in [1.29, 1.82) is 0 Å². The van der Waals surface area contributed by atoms with Gasteiger partial charge in [-0.15, -0.1) is 0 Å². The molecule has 0 atom stereocenters. The Kier molecular flexibility index (Phi) is 3.19. The molecule has 0 unspecified atom stereocenters. The molecule has 0 amide bonds. The smallest absolute Gasteiger partial charge is 0.125 e. The molecule has 0 saturated carbocycles. The Morgan fingerprint density at radius 1 is 1.23 bits per heavy atom. The molecule has 0 bridgehead atoms. The van der Waals surface area contributed by atoms with Crippen LogP contribution in [0.25, 0.3) is 10.9 Å². The van der Waals surface area contributed by atoms with Gasteiger partial charge in [-0.25, -0.2) is 9.97 Å². The Morgan fingerprint density at radius 2 is 2.09 bits per heavy atom. The molecule has 1 aliphatic heterocycles. The SMILES string of the molecule is Cc1ncc2c(n1)CCN(Cc1cn(C)c3ccccc13)C2. The van der Waals surface area contributed by atoms with Gasteiger partial charge in [-0.1, -0.05) is 18.2 Å². The average molecular weight is 292 g/mol. The van der Waals surface area contributed by atoms with E-state index in [2.05, 4.69) is 56.9 Å². The molecule has 0 fully saturated rings. The predicted octanol–water partition coefficient (Wildman–Crippen LogP) is 2.84. The van der Waals surface area contributed by atoms with Crippen LogP contribution < -0.4 is 0 Å². The number of nitrogens with zero attached hydrogens (tertiary/aromatic N) is 4. The Labute approximate surface area is 130 Å². The minimum absolute atomic E-state index is 0.876. The van der Waals surface area contributed by atoms with Gasteiger partial charge in [0.25, 0.3) is 0 Å². The van der Waals surface area contributed by atoms with Crippen molar-refractivity contribution in [2.75, 3.05) is 6.54 Å². The molecule has 2 aromatic heterocycles. The van der Waals surface area contributed by atoms with Gasteiger partial charge in [0.1, 0.15) is 5.82 Å². The van der Waals surface area contributed by atoms with Gasteiger partial charge in [0.05, 0.1) is 0 Å². The first-order valence-electron chi connectivity index (χ1n) is 7.77. The molecule has 112 valence electrons. The second-order valence-electron chi connectivity index (χ2n) is 6.13. The number of hydrogen-bond acceptors (Lipinski definition) is 3. The van der Waals surface area contributed by atoms with Crippen LogP contribution in [0.2, 0.25) is 0 Å². The van der Waals surface area contributed by atoms with Crippen LogP contribution in [0.1, 0.15) is 22.6 Å². The van der Waals surface area contributed by atoms with Crippen LogP contribution in [-0.2, 0) is 26.6 Å². The zero-order valence-electron chi connectivity index (χ0n) is 13.1. The third kappa shape index (κ3) is 2.29. The van der Waals surface area contributed by atoms with Crippen LogP contribution in [0.5, 0.6) is 0 Å². The number of para-hydroxylation sites is 1. The zero-order valence-corrected chi connectivity index (χ0v) is 13.1. The van der Waals surface area contributed by atoms with E-state index in [0.717, 1.165) is 31.9 Å². The largest absolute Gasteiger partial charge is 0.350 e. The van der Waals surface area contributed by atoms with E-state index < -0.39 is 0 Å². The monoisotopic (exact) mass is 292 g/mol. The van der Waals surface area contributed by atoms with Crippen molar-refractivity contribution in [1.82, 2.24) is 19.4 Å². The van der Waals surface area contributed by atoms with Crippen molar-refractivity contribution < 1.29 is 0 Å². The molecule has 1 aliphatic rings. The summed E-state index contributed by atoms with van der Waals surface area (Å²) in [5.41, 5.74) is 5.20. The van der Waals surface area contributed by atoms with Crippen molar-refractivity contribution in [3.8, 4) is 0 Å². The fourth-order valence-electron chi connectivity index (χ4n) is 3.40. The van der Waals surface area contributed by atoms with Crippen LogP contribution in [0, 0.1) is 6.92 Å². The Morgan fingerprint density at radius 3 is 3.00 bits per heavy atom. The normalized spacial score (nSPS) is 15.2. The van der Waals surface area contributed by atoms with Gasteiger partial charge < -0.3 is 4.57 Å². The minimum Gasteiger partial charge on any atom is -0.350 e. The zero-order chi connectivity index (χ0) is 15.1. The quantitative estimate of drug-likeness (QED) is 0.728. The lowest BCUT2D eigenvalue weighted by Gasteiger charge is -2.27. The van der Waals surface area contributed by atoms with Crippen molar-refractivity contribution in [3.05, 3.63) is 59.3 Å². The molecular formula is C18H20N4. The summed E-state index contributed by atoms with van der Waals surface area (Å²) in [6.07, 6.45) is 5.27. The molecule has 4 heteroatoms. The second kappa shape index (κ2) is 5.21. The molecule has 3 aromatic rings. The van der Waals surface area contributed by atoms with Gasteiger partial charge in [0.2, 0.25) is 0 Å². The highest BCUT2D eigenvalue weighted by Crippen LogP contribution is 2.24. The maximum atomic E-state index is 4.57. The third-order valence-electron chi connectivity index (χ3n) is 4.51. The summed E-state index contributed by atoms with van der Waals surface area (Å²) in [5.74, 6) is 0.876. The Hall–Kier alpha value is -2.20. The van der Waals surface area contributed by atoms with E-state index in [1.165, 1.54) is 27.7 Å². The Balaban J connectivity index is 1.60. The van der Waals surface area contributed by atoms with Crippen LogP contribution in [-0.4, -0.2) is 26.0 Å². The van der Waals surface area contributed by atoms with Gasteiger partial charge in [-0.2, -0.15) is 0 Å². The molecule has 3 heterocycles. The highest BCUT2D eigenvalue weighted by Gasteiger charge is 2.19. The van der Waals surface area contributed by atoms with Crippen molar-refractivity contribution in [2.45, 2.75) is 26.4 Å². The number of aryl methyl sites for hydroxylation is 2. The molecular weight excluding hydrogens is 272 g/mol. The molecule has 0 N–H and O–H groups in total. The highest BCUT2D eigenvalue weighted by molar-refractivity contribution is 5.83. The van der Waals surface area contributed by atoms with E-state index in [1.54, 1.807) is 0 Å². The van der Waals surface area contributed by atoms with Crippen LogP contribution in [0.4, 0.5) is 0 Å². The number of fused-ring (bicyclic) bond motifs is 2. The summed E-state index contributed by atoms with van der Waals surface area (Å²) in [5, 5.41) is 1.36. The van der Waals surface area contributed by atoms with Gasteiger partial charge in [-0.05, 0) is 18.6 Å². The first-order chi connectivity index (χ1) is 10.7. The first kappa shape index (κ1) is 13.5. The molecule has 22 heavy (non-hydrogen) atoms. The summed E-state index contributed by atoms with van der Waals surface area (Å²) in [7, 11) is 2.12. The van der Waals surface area contributed by atoms with Crippen molar-refractivity contribution in [3.63, 3.8) is 0 Å². The minimum atomic E-state index is 0.876. The highest BCUT2D eigenvalue weighted by atomic mass is 15.1. The van der Waals surface area contributed by atoms with E-state index in [-0.39, 0.29) is 0 Å². The predicted molar refractivity (Wildman–Crippen MR) is 87.5 cm³/mol. The van der Waals surface area contributed by atoms with Crippen molar-refractivity contribution >= 4 is 10.9 Å². The standard InChI is InChI=1S/C18H20N4/c1-13-19-9-14-11-22(8-7-17(14)20-13)12-15-10-21(2)18-6-4-3-5-16(15)18/h3-6,9-10H,7-8,11-12H2,1-2H3.